The van der Waals surface area contributed by atoms with E-state index in [1.165, 1.54) is 12.5 Å². The minimum Gasteiger partial charge on any atom is -0.316 e. The van der Waals surface area contributed by atoms with Gasteiger partial charge >= 0.3 is 6.03 Å². The highest BCUT2D eigenvalue weighted by Gasteiger charge is 2.19. The lowest BCUT2D eigenvalue weighted by Crippen LogP contribution is -2.43. The zero-order chi connectivity index (χ0) is 19.2. The Morgan fingerprint density at radius 3 is 2.89 bits per heavy atom. The molecule has 3 rings (SSSR count). The molecule has 2 heterocycles. The molecule has 0 aliphatic carbocycles. The van der Waals surface area contributed by atoms with Gasteiger partial charge in [0.2, 0.25) is 0 Å². The standard InChI is InChI=1S/C20H26FN5O/c1-14-5-7-16(11-23-14)24-20(27)25-19-10-15(6-8-18(19)21)12-26-9-3-4-17(13-26)22-2/h5-8,10-11,17,22H,3-4,9,12-13H2,1-2H3,(H2,24,25,27)/t17-/m0/s1. The van der Waals surface area contributed by atoms with Gasteiger partial charge in [0.05, 0.1) is 17.6 Å². The Bertz CT molecular complexity index is 780. The van der Waals surface area contributed by atoms with Crippen molar-refractivity contribution in [1.82, 2.24) is 15.2 Å². The fourth-order valence-corrected chi connectivity index (χ4v) is 3.29. The molecule has 2 aromatic rings. The van der Waals surface area contributed by atoms with Gasteiger partial charge in [0.15, 0.2) is 0 Å². The molecule has 1 aromatic carbocycles. The van der Waals surface area contributed by atoms with E-state index in [1.54, 1.807) is 30.5 Å². The van der Waals surface area contributed by atoms with E-state index in [9.17, 15) is 9.18 Å². The molecule has 0 radical (unpaired) electrons. The van der Waals surface area contributed by atoms with Crippen molar-refractivity contribution < 1.29 is 9.18 Å². The average Bonchev–Trinajstić information content (AvgIpc) is 2.66. The lowest BCUT2D eigenvalue weighted by molar-refractivity contribution is 0.188. The van der Waals surface area contributed by atoms with Crippen LogP contribution in [0.15, 0.2) is 36.5 Å². The second kappa shape index (κ2) is 8.92. The zero-order valence-electron chi connectivity index (χ0n) is 15.8. The largest absolute Gasteiger partial charge is 0.323 e. The van der Waals surface area contributed by atoms with E-state index in [0.717, 1.165) is 37.3 Å². The van der Waals surface area contributed by atoms with E-state index in [2.05, 4.69) is 25.8 Å². The van der Waals surface area contributed by atoms with Crippen molar-refractivity contribution in [1.29, 1.82) is 0 Å². The van der Waals surface area contributed by atoms with Crippen LogP contribution in [-0.4, -0.2) is 42.1 Å². The van der Waals surface area contributed by atoms with Crippen LogP contribution < -0.4 is 16.0 Å². The first-order valence-corrected chi connectivity index (χ1v) is 9.22. The van der Waals surface area contributed by atoms with Crippen molar-refractivity contribution in [2.75, 3.05) is 30.8 Å². The van der Waals surface area contributed by atoms with E-state index in [4.69, 9.17) is 0 Å². The maximum atomic E-state index is 14.1. The summed E-state index contributed by atoms with van der Waals surface area (Å²) in [5, 5.41) is 8.57. The summed E-state index contributed by atoms with van der Waals surface area (Å²) in [6, 6.07) is 8.42. The van der Waals surface area contributed by atoms with Gasteiger partial charge in [-0.1, -0.05) is 6.07 Å². The number of urea groups is 1. The normalized spacial score (nSPS) is 17.5. The Morgan fingerprint density at radius 1 is 1.30 bits per heavy atom. The smallest absolute Gasteiger partial charge is 0.316 e. The Kier molecular flexibility index (Phi) is 6.36. The number of hydrogen-bond acceptors (Lipinski definition) is 4. The monoisotopic (exact) mass is 371 g/mol. The molecule has 0 spiro atoms. The minimum absolute atomic E-state index is 0.173. The van der Waals surface area contributed by atoms with Gasteiger partial charge < -0.3 is 16.0 Å². The molecule has 1 aliphatic heterocycles. The number of pyridine rings is 1. The molecular formula is C20H26FN5O. The summed E-state index contributed by atoms with van der Waals surface area (Å²) in [6.07, 6.45) is 3.89. The summed E-state index contributed by atoms with van der Waals surface area (Å²) in [5.74, 6) is -0.456. The number of likely N-dealkylation sites (tertiary alicyclic amines) is 1. The number of nitrogens with one attached hydrogen (secondary N) is 3. The number of benzene rings is 1. The van der Waals surface area contributed by atoms with Gasteiger partial charge in [-0.2, -0.15) is 0 Å². The Hall–Kier alpha value is -2.51. The summed E-state index contributed by atoms with van der Waals surface area (Å²) in [5.41, 5.74) is 2.56. The summed E-state index contributed by atoms with van der Waals surface area (Å²) in [7, 11) is 1.98. The molecule has 7 heteroatoms. The van der Waals surface area contributed by atoms with E-state index >= 15 is 0 Å². The number of piperidine rings is 1. The van der Waals surface area contributed by atoms with E-state index < -0.39 is 11.8 Å². The molecule has 0 bridgehead atoms. The number of carbonyl (C=O) groups excluding carboxylic acids is 1. The lowest BCUT2D eigenvalue weighted by atomic mass is 10.0. The van der Waals surface area contributed by atoms with Crippen molar-refractivity contribution in [2.45, 2.75) is 32.4 Å². The summed E-state index contributed by atoms with van der Waals surface area (Å²) >= 11 is 0. The molecule has 1 atom stereocenters. The molecule has 1 aliphatic rings. The van der Waals surface area contributed by atoms with Crippen molar-refractivity contribution in [3.05, 3.63) is 53.6 Å². The maximum Gasteiger partial charge on any atom is 0.323 e. The predicted octanol–water partition coefficient (Wildman–Crippen LogP) is 3.36. The van der Waals surface area contributed by atoms with Gasteiger partial charge in [-0.3, -0.25) is 9.88 Å². The molecule has 6 nitrogen and oxygen atoms in total. The van der Waals surface area contributed by atoms with Gasteiger partial charge in [0.25, 0.3) is 0 Å². The first kappa shape index (κ1) is 19.3. The number of likely N-dealkylation sites (N-methyl/N-ethyl adjacent to an activating group) is 1. The van der Waals surface area contributed by atoms with E-state index in [1.807, 2.05) is 14.0 Å². The predicted molar refractivity (Wildman–Crippen MR) is 105 cm³/mol. The van der Waals surface area contributed by atoms with Crippen LogP contribution in [0, 0.1) is 12.7 Å². The number of rotatable bonds is 5. The van der Waals surface area contributed by atoms with Crippen LogP contribution in [0.2, 0.25) is 0 Å². The molecule has 2 amide bonds. The molecular weight excluding hydrogens is 345 g/mol. The number of nitrogens with zero attached hydrogens (tertiary/aromatic N) is 2. The van der Waals surface area contributed by atoms with E-state index in [-0.39, 0.29) is 5.69 Å². The van der Waals surface area contributed by atoms with Crippen LogP contribution in [0.3, 0.4) is 0 Å². The summed E-state index contributed by atoms with van der Waals surface area (Å²) in [4.78, 5) is 18.6. The molecule has 144 valence electrons. The molecule has 1 saturated heterocycles. The lowest BCUT2D eigenvalue weighted by Gasteiger charge is -2.32. The van der Waals surface area contributed by atoms with Crippen molar-refractivity contribution in [2.24, 2.45) is 0 Å². The van der Waals surface area contributed by atoms with Gasteiger partial charge in [0, 0.05) is 24.8 Å². The summed E-state index contributed by atoms with van der Waals surface area (Å²) in [6.45, 7) is 4.60. The number of carbonyl (C=O) groups is 1. The Morgan fingerprint density at radius 2 is 2.15 bits per heavy atom. The Balaban J connectivity index is 1.62. The van der Waals surface area contributed by atoms with Crippen LogP contribution in [0.4, 0.5) is 20.6 Å². The van der Waals surface area contributed by atoms with Crippen LogP contribution in [0.5, 0.6) is 0 Å². The quantitative estimate of drug-likeness (QED) is 0.754. The highest BCUT2D eigenvalue weighted by molar-refractivity contribution is 5.99. The highest BCUT2D eigenvalue weighted by Crippen LogP contribution is 2.20. The first-order chi connectivity index (χ1) is 13.0. The van der Waals surface area contributed by atoms with Gasteiger partial charge in [-0.25, -0.2) is 9.18 Å². The maximum absolute atomic E-state index is 14.1. The van der Waals surface area contributed by atoms with Crippen LogP contribution in [-0.2, 0) is 6.54 Å². The summed E-state index contributed by atoms with van der Waals surface area (Å²) < 4.78 is 14.1. The van der Waals surface area contributed by atoms with Crippen molar-refractivity contribution >= 4 is 17.4 Å². The molecule has 0 saturated carbocycles. The minimum atomic E-state index is -0.495. The van der Waals surface area contributed by atoms with E-state index in [0.29, 0.717) is 11.7 Å². The van der Waals surface area contributed by atoms with Gasteiger partial charge in [0.1, 0.15) is 5.82 Å². The third-order valence-electron chi connectivity index (χ3n) is 4.77. The van der Waals surface area contributed by atoms with Crippen molar-refractivity contribution in [3.63, 3.8) is 0 Å². The first-order valence-electron chi connectivity index (χ1n) is 9.22. The number of amides is 2. The number of aryl methyl sites for hydroxylation is 1. The van der Waals surface area contributed by atoms with Crippen molar-refractivity contribution in [3.8, 4) is 0 Å². The van der Waals surface area contributed by atoms with Crippen LogP contribution in [0.1, 0.15) is 24.1 Å². The highest BCUT2D eigenvalue weighted by atomic mass is 19.1. The number of halogens is 1. The molecule has 0 unspecified atom stereocenters. The number of aromatic nitrogens is 1. The fourth-order valence-electron chi connectivity index (χ4n) is 3.29. The van der Waals surface area contributed by atoms with Crippen LogP contribution in [0.25, 0.3) is 0 Å². The second-order valence-electron chi connectivity index (χ2n) is 6.94. The fraction of sp³-hybridized carbons (Fsp3) is 0.400. The molecule has 27 heavy (non-hydrogen) atoms. The molecule has 1 aromatic heterocycles. The molecule has 1 fully saturated rings. The number of hydrogen-bond donors (Lipinski definition) is 3. The topological polar surface area (TPSA) is 69.3 Å². The Labute approximate surface area is 159 Å². The third kappa shape index (κ3) is 5.48. The average molecular weight is 371 g/mol. The third-order valence-corrected chi connectivity index (χ3v) is 4.77. The SMILES string of the molecule is CN[C@H]1CCCN(Cc2ccc(F)c(NC(=O)Nc3ccc(C)nc3)c2)C1. The van der Waals surface area contributed by atoms with Gasteiger partial charge in [-0.15, -0.1) is 0 Å². The second-order valence-corrected chi connectivity index (χ2v) is 6.94. The zero-order valence-corrected chi connectivity index (χ0v) is 15.8. The molecule has 3 N–H and O–H groups in total. The van der Waals surface area contributed by atoms with Gasteiger partial charge in [-0.05, 0) is 63.2 Å². The number of anilines is 2. The van der Waals surface area contributed by atoms with Crippen LogP contribution >= 0.6 is 0 Å².